The lowest BCUT2D eigenvalue weighted by Gasteiger charge is -2.20. The van der Waals surface area contributed by atoms with Gasteiger partial charge in [0.1, 0.15) is 0 Å². The third kappa shape index (κ3) is 4.50. The number of methoxy groups -OCH3 is 2. The minimum atomic E-state index is -0.849. The summed E-state index contributed by atoms with van der Waals surface area (Å²) >= 11 is 0. The first kappa shape index (κ1) is 21.5. The largest absolute Gasteiger partial charge is 0.492 e. The summed E-state index contributed by atoms with van der Waals surface area (Å²) in [5.74, 6) is 0.762. The number of ether oxygens (including phenoxy) is 3. The van der Waals surface area contributed by atoms with Crippen LogP contribution in [-0.4, -0.2) is 43.6 Å². The molecule has 0 radical (unpaired) electrons. The summed E-state index contributed by atoms with van der Waals surface area (Å²) in [7, 11) is 3.18. The van der Waals surface area contributed by atoms with Gasteiger partial charge in [-0.15, -0.1) is 5.10 Å². The average molecular weight is 416 g/mol. The second kappa shape index (κ2) is 9.51. The topological polar surface area (TPSA) is 142 Å². The van der Waals surface area contributed by atoms with Gasteiger partial charge in [0, 0.05) is 12.0 Å². The molecule has 0 bridgehead atoms. The van der Waals surface area contributed by atoms with Crippen LogP contribution in [0, 0.1) is 0 Å². The molecule has 0 spiro atoms. The van der Waals surface area contributed by atoms with Crippen LogP contribution in [0.3, 0.4) is 0 Å². The van der Waals surface area contributed by atoms with Crippen LogP contribution in [0.4, 0.5) is 0 Å². The highest BCUT2D eigenvalue weighted by molar-refractivity contribution is 6.09. The number of nitrogens with zero attached hydrogens (tertiary/aromatic N) is 2. The van der Waals surface area contributed by atoms with Gasteiger partial charge in [-0.3, -0.25) is 4.79 Å². The number of aliphatic carboxylic acids is 1. The number of benzene rings is 1. The van der Waals surface area contributed by atoms with Gasteiger partial charge in [-0.25, -0.2) is 0 Å². The van der Waals surface area contributed by atoms with Gasteiger partial charge in [0.05, 0.1) is 26.5 Å². The number of carboxylic acid groups (broad SMARTS) is 1. The van der Waals surface area contributed by atoms with Gasteiger partial charge in [0.2, 0.25) is 11.7 Å². The molecule has 2 aliphatic carbocycles. The molecule has 30 heavy (non-hydrogen) atoms. The van der Waals surface area contributed by atoms with Gasteiger partial charge in [0.15, 0.2) is 11.5 Å². The molecule has 0 atom stereocenters. The minimum Gasteiger partial charge on any atom is -0.492 e. The quantitative estimate of drug-likeness (QED) is 0.256. The van der Waals surface area contributed by atoms with E-state index in [9.17, 15) is 4.79 Å². The summed E-state index contributed by atoms with van der Waals surface area (Å²) in [6.45, 7) is 0.274. The summed E-state index contributed by atoms with van der Waals surface area (Å²) in [5.41, 5.74) is 16.3. The van der Waals surface area contributed by atoms with Crippen LogP contribution in [0.5, 0.6) is 17.2 Å². The Morgan fingerprint density at radius 1 is 1.10 bits per heavy atom. The molecular weight excluding hydrogens is 388 g/mol. The van der Waals surface area contributed by atoms with Crippen molar-refractivity contribution in [1.29, 1.82) is 0 Å². The summed E-state index contributed by atoms with van der Waals surface area (Å²) in [6, 6.07) is 1.96. The summed E-state index contributed by atoms with van der Waals surface area (Å²) in [6.07, 6.45) is 4.69. The van der Waals surface area contributed by atoms with E-state index in [1.165, 1.54) is 5.57 Å². The predicted molar refractivity (Wildman–Crippen MR) is 114 cm³/mol. The van der Waals surface area contributed by atoms with Crippen molar-refractivity contribution in [2.45, 2.75) is 44.9 Å². The first-order valence-electron chi connectivity index (χ1n) is 9.96. The summed E-state index contributed by atoms with van der Waals surface area (Å²) in [5, 5.41) is 17.0. The molecule has 0 saturated carbocycles. The minimum absolute atomic E-state index is 0.0469. The smallest absolute Gasteiger partial charge is 0.303 e. The summed E-state index contributed by atoms with van der Waals surface area (Å²) in [4.78, 5) is 10.8. The van der Waals surface area contributed by atoms with Crippen molar-refractivity contribution in [2.24, 2.45) is 21.7 Å². The Balaban J connectivity index is 2.04. The van der Waals surface area contributed by atoms with E-state index in [0.717, 1.165) is 41.7 Å². The molecule has 0 saturated heterocycles. The van der Waals surface area contributed by atoms with Crippen molar-refractivity contribution in [1.82, 2.24) is 0 Å². The molecule has 0 aromatic heterocycles. The fourth-order valence-electron chi connectivity index (χ4n) is 4.07. The lowest BCUT2D eigenvalue weighted by molar-refractivity contribution is -0.137. The lowest BCUT2D eigenvalue weighted by Crippen LogP contribution is -2.22. The number of nitrogens with two attached hydrogens (primary N) is 2. The Morgan fingerprint density at radius 2 is 1.83 bits per heavy atom. The van der Waals surface area contributed by atoms with E-state index in [1.807, 2.05) is 6.07 Å². The van der Waals surface area contributed by atoms with E-state index in [2.05, 4.69) is 10.2 Å². The van der Waals surface area contributed by atoms with Gasteiger partial charge < -0.3 is 30.8 Å². The van der Waals surface area contributed by atoms with Crippen LogP contribution in [0.15, 0.2) is 21.8 Å². The SMILES string of the molecule is COc1c(OCCCC(=O)O)cc2c(c1OC)C1=C(CCC1)C(=NN=C(N)N)CC2. The number of carboxylic acids is 1. The molecule has 0 fully saturated rings. The highest BCUT2D eigenvalue weighted by Crippen LogP contribution is 2.50. The number of carbonyl (C=O) groups is 1. The number of aryl methyl sites for hydroxylation is 1. The fourth-order valence-corrected chi connectivity index (χ4v) is 4.07. The molecule has 3 rings (SSSR count). The molecule has 0 amide bonds. The van der Waals surface area contributed by atoms with Crippen molar-refractivity contribution < 1.29 is 24.1 Å². The molecule has 1 aromatic carbocycles. The first-order valence-corrected chi connectivity index (χ1v) is 9.96. The number of allylic oxidation sites excluding steroid dienone is 2. The van der Waals surface area contributed by atoms with E-state index in [4.69, 9.17) is 30.8 Å². The Bertz CT molecular complexity index is 916. The van der Waals surface area contributed by atoms with Crippen LogP contribution in [-0.2, 0) is 11.2 Å². The van der Waals surface area contributed by atoms with Crippen molar-refractivity contribution in [3.63, 3.8) is 0 Å². The third-order valence-electron chi connectivity index (χ3n) is 5.27. The van der Waals surface area contributed by atoms with Gasteiger partial charge in [-0.1, -0.05) is 0 Å². The molecule has 0 unspecified atom stereocenters. The lowest BCUT2D eigenvalue weighted by atomic mass is 9.95. The number of hydrogen-bond acceptors (Lipinski definition) is 6. The van der Waals surface area contributed by atoms with E-state index in [0.29, 0.717) is 36.5 Å². The van der Waals surface area contributed by atoms with Gasteiger partial charge in [-0.05, 0) is 61.3 Å². The van der Waals surface area contributed by atoms with Crippen molar-refractivity contribution in [2.75, 3.05) is 20.8 Å². The molecule has 2 aliphatic rings. The zero-order valence-electron chi connectivity index (χ0n) is 17.4. The Hall–Kier alpha value is -3.23. The van der Waals surface area contributed by atoms with Gasteiger partial charge in [-0.2, -0.15) is 5.10 Å². The van der Waals surface area contributed by atoms with Crippen LogP contribution in [0.25, 0.3) is 5.57 Å². The normalized spacial score (nSPS) is 16.5. The van der Waals surface area contributed by atoms with Crippen molar-refractivity contribution >= 4 is 23.2 Å². The zero-order valence-corrected chi connectivity index (χ0v) is 17.4. The molecule has 162 valence electrons. The molecule has 9 heteroatoms. The fraction of sp³-hybridized carbons (Fsp3) is 0.476. The Kier molecular flexibility index (Phi) is 6.81. The molecule has 0 heterocycles. The second-order valence-corrected chi connectivity index (χ2v) is 7.20. The number of rotatable bonds is 8. The maximum Gasteiger partial charge on any atom is 0.303 e. The average Bonchev–Trinajstić information content (AvgIpc) is 3.13. The predicted octanol–water partition coefficient (Wildman–Crippen LogP) is 2.46. The van der Waals surface area contributed by atoms with E-state index in [-0.39, 0.29) is 19.0 Å². The summed E-state index contributed by atoms with van der Waals surface area (Å²) < 4.78 is 17.3. The van der Waals surface area contributed by atoms with Crippen molar-refractivity contribution in [3.8, 4) is 17.2 Å². The monoisotopic (exact) mass is 416 g/mol. The molecular formula is C21H28N4O5. The first-order chi connectivity index (χ1) is 14.5. The highest BCUT2D eigenvalue weighted by Gasteiger charge is 2.31. The molecule has 5 N–H and O–H groups in total. The maximum atomic E-state index is 10.8. The van der Waals surface area contributed by atoms with E-state index in [1.54, 1.807) is 14.2 Å². The molecule has 0 aliphatic heterocycles. The van der Waals surface area contributed by atoms with Crippen molar-refractivity contribution in [3.05, 3.63) is 22.8 Å². The highest BCUT2D eigenvalue weighted by atomic mass is 16.5. The van der Waals surface area contributed by atoms with Crippen LogP contribution in [0.2, 0.25) is 0 Å². The van der Waals surface area contributed by atoms with E-state index < -0.39 is 5.97 Å². The number of hydrogen-bond donors (Lipinski definition) is 3. The Morgan fingerprint density at radius 3 is 2.50 bits per heavy atom. The van der Waals surface area contributed by atoms with Gasteiger partial charge in [0.25, 0.3) is 0 Å². The van der Waals surface area contributed by atoms with Crippen LogP contribution >= 0.6 is 0 Å². The molecule has 9 nitrogen and oxygen atoms in total. The zero-order chi connectivity index (χ0) is 21.7. The standard InChI is InChI=1S/C21H28N4O5/c1-28-19-16(30-10-4-7-17(26)27)11-12-8-9-15(24-25-21(22)23)13-5-3-6-14(13)18(12)20(19)29-2/h11H,3-10H2,1-2H3,(H,26,27)(H4,22,23,25). The Labute approximate surface area is 175 Å². The van der Waals surface area contributed by atoms with E-state index >= 15 is 0 Å². The number of fused-ring (bicyclic) bond motifs is 2. The van der Waals surface area contributed by atoms with Gasteiger partial charge >= 0.3 is 5.97 Å². The second-order valence-electron chi connectivity index (χ2n) is 7.20. The van der Waals surface area contributed by atoms with Crippen LogP contribution < -0.4 is 25.7 Å². The maximum absolute atomic E-state index is 10.8. The number of guanidine groups is 1. The molecule has 1 aromatic rings. The third-order valence-corrected chi connectivity index (χ3v) is 5.27. The van der Waals surface area contributed by atoms with Crippen LogP contribution in [0.1, 0.15) is 49.7 Å².